The maximum absolute atomic E-state index is 5.77. The molecular formula is C23H46O5. The minimum atomic E-state index is -0.834. The Hall–Kier alpha value is -0.620. The number of hydrogen-bond acceptors (Lipinski definition) is 5. The maximum atomic E-state index is 5.77. The molecule has 0 fully saturated rings. The van der Waals surface area contributed by atoms with E-state index in [9.17, 15) is 0 Å². The summed E-state index contributed by atoms with van der Waals surface area (Å²) in [6.45, 7) is 11.9. The Morgan fingerprint density at radius 3 is 1.61 bits per heavy atom. The summed E-state index contributed by atoms with van der Waals surface area (Å²) < 4.78 is 28.1. The fourth-order valence-corrected chi connectivity index (χ4v) is 3.16. The first kappa shape index (κ1) is 27.4. The Balaban J connectivity index is 3.48. The van der Waals surface area contributed by atoms with Gasteiger partial charge in [-0.3, -0.25) is 0 Å². The zero-order valence-corrected chi connectivity index (χ0v) is 19.0. The van der Waals surface area contributed by atoms with Crippen LogP contribution in [0.2, 0.25) is 0 Å². The van der Waals surface area contributed by atoms with Gasteiger partial charge in [-0.25, -0.2) is 0 Å². The maximum Gasteiger partial charge on any atom is 0.282 e. The van der Waals surface area contributed by atoms with Gasteiger partial charge >= 0.3 is 0 Å². The molecule has 0 radical (unpaired) electrons. The van der Waals surface area contributed by atoms with E-state index in [1.807, 2.05) is 33.8 Å². The Kier molecular flexibility index (Phi) is 20.6. The molecular weight excluding hydrogens is 356 g/mol. The number of hydrogen-bond donors (Lipinski definition) is 0. The van der Waals surface area contributed by atoms with Crippen molar-refractivity contribution < 1.29 is 23.7 Å². The van der Waals surface area contributed by atoms with Crippen molar-refractivity contribution in [3.63, 3.8) is 0 Å². The van der Waals surface area contributed by atoms with Crippen molar-refractivity contribution in [3.05, 3.63) is 12.3 Å². The lowest BCUT2D eigenvalue weighted by molar-refractivity contribution is -0.380. The summed E-state index contributed by atoms with van der Waals surface area (Å²) in [6, 6.07) is 0. The normalized spacial score (nSPS) is 12.1. The minimum absolute atomic E-state index is 0.606. The summed E-state index contributed by atoms with van der Waals surface area (Å²) >= 11 is 0. The van der Waals surface area contributed by atoms with Gasteiger partial charge in [0.2, 0.25) is 0 Å². The van der Waals surface area contributed by atoms with E-state index in [1.54, 1.807) is 6.26 Å². The first-order chi connectivity index (χ1) is 13.7. The molecule has 0 atom stereocenters. The molecule has 0 saturated carbocycles. The van der Waals surface area contributed by atoms with E-state index in [0.29, 0.717) is 33.0 Å². The van der Waals surface area contributed by atoms with Gasteiger partial charge in [0, 0.05) is 32.8 Å². The third kappa shape index (κ3) is 16.3. The lowest BCUT2D eigenvalue weighted by atomic mass is 10.1. The van der Waals surface area contributed by atoms with Gasteiger partial charge in [0.25, 0.3) is 5.97 Å². The highest BCUT2D eigenvalue weighted by Crippen LogP contribution is 2.24. The Morgan fingerprint density at radius 1 is 0.607 bits per heavy atom. The largest absolute Gasteiger partial charge is 0.499 e. The van der Waals surface area contributed by atoms with Crippen molar-refractivity contribution in [2.75, 3.05) is 39.6 Å². The fraction of sp³-hybridized carbons (Fsp3) is 0.913. The molecule has 0 amide bonds. The van der Waals surface area contributed by atoms with Crippen molar-refractivity contribution in [3.8, 4) is 0 Å². The van der Waals surface area contributed by atoms with Crippen molar-refractivity contribution >= 4 is 0 Å². The van der Waals surface area contributed by atoms with Crippen LogP contribution >= 0.6 is 0 Å². The molecule has 0 aliphatic heterocycles. The molecule has 0 unspecified atom stereocenters. The SMILES string of the molecule is CC=COCCOCCCCCCCCCCCC(OCC)(OCC)OCC. The van der Waals surface area contributed by atoms with Crippen LogP contribution in [0.15, 0.2) is 12.3 Å². The zero-order chi connectivity index (χ0) is 20.8. The summed E-state index contributed by atoms with van der Waals surface area (Å²) in [5, 5.41) is 0. The van der Waals surface area contributed by atoms with Crippen molar-refractivity contribution in [2.45, 2.75) is 97.9 Å². The number of ether oxygens (including phenoxy) is 5. The fourth-order valence-electron chi connectivity index (χ4n) is 3.16. The smallest absolute Gasteiger partial charge is 0.282 e. The third-order valence-corrected chi connectivity index (χ3v) is 4.44. The van der Waals surface area contributed by atoms with E-state index in [1.165, 1.54) is 44.9 Å². The van der Waals surface area contributed by atoms with E-state index in [0.717, 1.165) is 25.9 Å². The minimum Gasteiger partial charge on any atom is -0.499 e. The molecule has 0 aromatic carbocycles. The first-order valence-corrected chi connectivity index (χ1v) is 11.5. The average molecular weight is 403 g/mol. The lowest BCUT2D eigenvalue weighted by Crippen LogP contribution is -2.39. The zero-order valence-electron chi connectivity index (χ0n) is 19.0. The van der Waals surface area contributed by atoms with E-state index >= 15 is 0 Å². The van der Waals surface area contributed by atoms with Crippen LogP contribution in [0.3, 0.4) is 0 Å². The predicted octanol–water partition coefficient (Wildman–Crippen LogP) is 6.22. The van der Waals surface area contributed by atoms with Gasteiger partial charge in [0.05, 0.1) is 12.9 Å². The summed E-state index contributed by atoms with van der Waals surface area (Å²) in [6.07, 6.45) is 15.6. The van der Waals surface area contributed by atoms with Crippen molar-refractivity contribution in [1.29, 1.82) is 0 Å². The van der Waals surface area contributed by atoms with Crippen LogP contribution < -0.4 is 0 Å². The van der Waals surface area contributed by atoms with Crippen LogP contribution in [-0.4, -0.2) is 45.6 Å². The molecule has 5 nitrogen and oxygen atoms in total. The van der Waals surface area contributed by atoms with Gasteiger partial charge in [0.15, 0.2) is 0 Å². The Bertz CT molecular complexity index is 316. The summed E-state index contributed by atoms with van der Waals surface area (Å²) in [7, 11) is 0. The van der Waals surface area contributed by atoms with Gasteiger partial charge in [-0.05, 0) is 40.5 Å². The molecule has 28 heavy (non-hydrogen) atoms. The number of rotatable bonds is 22. The molecule has 0 bridgehead atoms. The standard InChI is InChI=1S/C23H46O5/c1-5-19-24-21-22-25-20-17-15-13-11-9-10-12-14-16-18-23(26-6-2,27-7-3)28-8-4/h5,19H,6-18,20-22H2,1-4H3. The van der Waals surface area contributed by atoms with E-state index in [4.69, 9.17) is 23.7 Å². The van der Waals surface area contributed by atoms with Gasteiger partial charge in [-0.15, -0.1) is 0 Å². The summed E-state index contributed by atoms with van der Waals surface area (Å²) in [5.74, 6) is -0.834. The predicted molar refractivity (Wildman–Crippen MR) is 115 cm³/mol. The van der Waals surface area contributed by atoms with Crippen LogP contribution in [0, 0.1) is 0 Å². The third-order valence-electron chi connectivity index (χ3n) is 4.44. The van der Waals surface area contributed by atoms with E-state index < -0.39 is 5.97 Å². The second-order valence-corrected chi connectivity index (χ2v) is 6.87. The summed E-state index contributed by atoms with van der Waals surface area (Å²) in [5.41, 5.74) is 0. The number of allylic oxidation sites excluding steroid dienone is 1. The molecule has 5 heteroatoms. The molecule has 0 aliphatic rings. The van der Waals surface area contributed by atoms with Crippen molar-refractivity contribution in [2.24, 2.45) is 0 Å². The van der Waals surface area contributed by atoms with Crippen molar-refractivity contribution in [1.82, 2.24) is 0 Å². The molecule has 0 rings (SSSR count). The number of unbranched alkanes of at least 4 members (excludes halogenated alkanes) is 8. The molecule has 0 heterocycles. The van der Waals surface area contributed by atoms with Crippen LogP contribution in [0.5, 0.6) is 0 Å². The highest BCUT2D eigenvalue weighted by molar-refractivity contribution is 4.64. The van der Waals surface area contributed by atoms with Gasteiger partial charge in [-0.2, -0.15) is 0 Å². The average Bonchev–Trinajstić information content (AvgIpc) is 2.68. The molecule has 0 aromatic rings. The summed E-state index contributed by atoms with van der Waals surface area (Å²) in [4.78, 5) is 0. The molecule has 0 saturated heterocycles. The first-order valence-electron chi connectivity index (χ1n) is 11.5. The van der Waals surface area contributed by atoms with Crippen LogP contribution in [0.1, 0.15) is 91.9 Å². The second kappa shape index (κ2) is 21.1. The lowest BCUT2D eigenvalue weighted by Gasteiger charge is -2.32. The van der Waals surface area contributed by atoms with E-state index in [2.05, 4.69) is 0 Å². The van der Waals surface area contributed by atoms with E-state index in [-0.39, 0.29) is 0 Å². The molecule has 168 valence electrons. The van der Waals surface area contributed by atoms with Crippen LogP contribution in [-0.2, 0) is 23.7 Å². The van der Waals surface area contributed by atoms with Gasteiger partial charge in [-0.1, -0.05) is 51.0 Å². The quantitative estimate of drug-likeness (QED) is 0.122. The van der Waals surface area contributed by atoms with Gasteiger partial charge in [0.1, 0.15) is 6.61 Å². The topological polar surface area (TPSA) is 46.2 Å². The monoisotopic (exact) mass is 402 g/mol. The molecule has 0 aliphatic carbocycles. The second-order valence-electron chi connectivity index (χ2n) is 6.87. The molecule has 0 N–H and O–H groups in total. The molecule has 0 spiro atoms. The van der Waals surface area contributed by atoms with Gasteiger partial charge < -0.3 is 23.7 Å². The Morgan fingerprint density at radius 2 is 1.11 bits per heavy atom. The Labute approximate surface area is 174 Å². The molecule has 0 aromatic heterocycles. The van der Waals surface area contributed by atoms with Crippen LogP contribution in [0.25, 0.3) is 0 Å². The highest BCUT2D eigenvalue weighted by Gasteiger charge is 2.31. The van der Waals surface area contributed by atoms with Crippen LogP contribution in [0.4, 0.5) is 0 Å². The highest BCUT2D eigenvalue weighted by atomic mass is 16.9.